The van der Waals surface area contributed by atoms with Crippen molar-refractivity contribution in [2.75, 3.05) is 15.4 Å². The SMILES string of the molecule is Cc1ccc(S(=O)(=O)Nc2ccc(NC(=O)c3sc(NC(=O)c4ccco4)cc3C)cc2)cc1. The van der Waals surface area contributed by atoms with Crippen LogP contribution in [0.1, 0.15) is 31.4 Å². The number of carbonyl (C=O) groups excluding carboxylic acids is 2. The zero-order valence-electron chi connectivity index (χ0n) is 18.3. The maximum Gasteiger partial charge on any atom is 0.291 e. The van der Waals surface area contributed by atoms with E-state index in [2.05, 4.69) is 15.4 Å². The van der Waals surface area contributed by atoms with E-state index in [1.807, 2.05) is 6.92 Å². The number of carbonyl (C=O) groups is 2. The number of benzene rings is 2. The molecule has 2 amide bonds. The molecule has 0 aliphatic rings. The van der Waals surface area contributed by atoms with Gasteiger partial charge in [-0.05, 0) is 74.0 Å². The van der Waals surface area contributed by atoms with E-state index in [9.17, 15) is 18.0 Å². The predicted octanol–water partition coefficient (Wildman–Crippen LogP) is 5.26. The minimum absolute atomic E-state index is 0.165. The quantitative estimate of drug-likeness (QED) is 0.323. The van der Waals surface area contributed by atoms with Gasteiger partial charge in [-0.2, -0.15) is 0 Å². The van der Waals surface area contributed by atoms with E-state index in [-0.39, 0.29) is 16.6 Å². The Morgan fingerprint density at radius 1 is 0.853 bits per heavy atom. The molecule has 4 rings (SSSR count). The summed E-state index contributed by atoms with van der Waals surface area (Å²) in [6, 6.07) is 17.8. The molecule has 10 heteroatoms. The van der Waals surface area contributed by atoms with Crippen molar-refractivity contribution in [3.63, 3.8) is 0 Å². The van der Waals surface area contributed by atoms with Gasteiger partial charge in [-0.15, -0.1) is 11.3 Å². The van der Waals surface area contributed by atoms with E-state index in [0.29, 0.717) is 26.8 Å². The minimum atomic E-state index is -3.72. The summed E-state index contributed by atoms with van der Waals surface area (Å²) in [4.78, 5) is 25.5. The van der Waals surface area contributed by atoms with Crippen molar-refractivity contribution in [2.24, 2.45) is 0 Å². The van der Waals surface area contributed by atoms with Crippen LogP contribution in [0.15, 0.2) is 82.3 Å². The highest BCUT2D eigenvalue weighted by Crippen LogP contribution is 2.28. The Balaban J connectivity index is 1.40. The van der Waals surface area contributed by atoms with Crippen molar-refractivity contribution < 1.29 is 22.4 Å². The third-order valence-electron chi connectivity index (χ3n) is 4.83. The fraction of sp³-hybridized carbons (Fsp3) is 0.0833. The van der Waals surface area contributed by atoms with Crippen LogP contribution in [-0.4, -0.2) is 20.2 Å². The second-order valence-electron chi connectivity index (χ2n) is 7.50. The average Bonchev–Trinajstić information content (AvgIpc) is 3.45. The van der Waals surface area contributed by atoms with Crippen molar-refractivity contribution in [1.29, 1.82) is 0 Å². The standard InChI is InChI=1S/C24H21N3O5S2/c1-15-5-11-19(12-6-15)34(30,31)27-18-9-7-17(8-10-18)25-24(29)22-16(2)14-21(33-22)26-23(28)20-4-3-13-32-20/h3-14,27H,1-2H3,(H,25,29)(H,26,28). The molecule has 2 aromatic carbocycles. The first-order valence-electron chi connectivity index (χ1n) is 10.2. The van der Waals surface area contributed by atoms with Crippen LogP contribution < -0.4 is 15.4 Å². The van der Waals surface area contributed by atoms with Crippen LogP contribution in [0.5, 0.6) is 0 Å². The normalized spacial score (nSPS) is 11.1. The number of rotatable bonds is 7. The molecule has 0 fully saturated rings. The highest BCUT2D eigenvalue weighted by molar-refractivity contribution is 7.92. The lowest BCUT2D eigenvalue weighted by atomic mass is 10.2. The predicted molar refractivity (Wildman–Crippen MR) is 132 cm³/mol. The first-order valence-corrected chi connectivity index (χ1v) is 12.5. The molecule has 0 aliphatic carbocycles. The van der Waals surface area contributed by atoms with Gasteiger partial charge in [-0.1, -0.05) is 17.7 Å². The van der Waals surface area contributed by atoms with Gasteiger partial charge in [0.1, 0.15) is 0 Å². The van der Waals surface area contributed by atoms with E-state index < -0.39 is 15.9 Å². The number of amides is 2. The van der Waals surface area contributed by atoms with E-state index in [1.54, 1.807) is 73.7 Å². The summed E-state index contributed by atoms with van der Waals surface area (Å²) in [6.45, 7) is 3.66. The molecule has 0 saturated heterocycles. The lowest BCUT2D eigenvalue weighted by Crippen LogP contribution is -2.13. The summed E-state index contributed by atoms with van der Waals surface area (Å²) in [7, 11) is -3.72. The summed E-state index contributed by atoms with van der Waals surface area (Å²) in [5, 5.41) is 6.01. The molecule has 3 N–H and O–H groups in total. The zero-order valence-corrected chi connectivity index (χ0v) is 19.9. The first-order chi connectivity index (χ1) is 16.2. The van der Waals surface area contributed by atoms with E-state index in [4.69, 9.17) is 4.42 Å². The Morgan fingerprint density at radius 3 is 2.18 bits per heavy atom. The van der Waals surface area contributed by atoms with Gasteiger partial charge in [0.2, 0.25) is 0 Å². The van der Waals surface area contributed by atoms with E-state index in [1.165, 1.54) is 6.26 Å². The molecule has 2 aromatic heterocycles. The van der Waals surface area contributed by atoms with Crippen LogP contribution >= 0.6 is 11.3 Å². The Bertz CT molecular complexity index is 1420. The third-order valence-corrected chi connectivity index (χ3v) is 7.38. The minimum Gasteiger partial charge on any atom is -0.459 e. The Hall–Kier alpha value is -3.89. The number of hydrogen-bond acceptors (Lipinski definition) is 6. The summed E-state index contributed by atoms with van der Waals surface area (Å²) in [5.74, 6) is -0.564. The number of thiophene rings is 1. The molecular weight excluding hydrogens is 474 g/mol. The molecule has 0 saturated carbocycles. The number of sulfonamides is 1. The molecule has 0 aliphatic heterocycles. The van der Waals surface area contributed by atoms with Crippen LogP contribution in [0.4, 0.5) is 16.4 Å². The molecule has 0 radical (unpaired) electrons. The third kappa shape index (κ3) is 5.36. The lowest BCUT2D eigenvalue weighted by molar-refractivity contribution is 0.0995. The lowest BCUT2D eigenvalue weighted by Gasteiger charge is -2.10. The van der Waals surface area contributed by atoms with Crippen LogP contribution in [-0.2, 0) is 10.0 Å². The van der Waals surface area contributed by atoms with Crippen LogP contribution in [0, 0.1) is 13.8 Å². The fourth-order valence-corrected chi connectivity index (χ4v) is 5.11. The van der Waals surface area contributed by atoms with Crippen LogP contribution in [0.2, 0.25) is 0 Å². The van der Waals surface area contributed by atoms with Crippen LogP contribution in [0.3, 0.4) is 0 Å². The van der Waals surface area contributed by atoms with Gasteiger partial charge >= 0.3 is 0 Å². The maximum absolute atomic E-state index is 12.7. The van der Waals surface area contributed by atoms with Crippen molar-refractivity contribution in [2.45, 2.75) is 18.7 Å². The number of anilines is 3. The van der Waals surface area contributed by atoms with E-state index in [0.717, 1.165) is 16.9 Å². The Morgan fingerprint density at radius 2 is 1.53 bits per heavy atom. The average molecular weight is 496 g/mol. The van der Waals surface area contributed by atoms with Gasteiger partial charge in [-0.3, -0.25) is 14.3 Å². The van der Waals surface area contributed by atoms with Crippen molar-refractivity contribution in [3.05, 3.63) is 94.8 Å². The second-order valence-corrected chi connectivity index (χ2v) is 10.2. The highest BCUT2D eigenvalue weighted by Gasteiger charge is 2.17. The Labute approximate surface area is 200 Å². The first kappa shape index (κ1) is 23.3. The number of furan rings is 1. The molecule has 0 atom stereocenters. The van der Waals surface area contributed by atoms with Gasteiger partial charge in [0.15, 0.2) is 5.76 Å². The molecule has 34 heavy (non-hydrogen) atoms. The summed E-state index contributed by atoms with van der Waals surface area (Å²) >= 11 is 1.14. The maximum atomic E-state index is 12.7. The van der Waals surface area contributed by atoms with Gasteiger partial charge in [0, 0.05) is 11.4 Å². The van der Waals surface area contributed by atoms with Gasteiger partial charge in [-0.25, -0.2) is 8.42 Å². The second kappa shape index (κ2) is 9.54. The van der Waals surface area contributed by atoms with Gasteiger partial charge in [0.25, 0.3) is 21.8 Å². The Kier molecular flexibility index (Phi) is 6.53. The molecule has 0 bridgehead atoms. The molecule has 0 unspecified atom stereocenters. The smallest absolute Gasteiger partial charge is 0.291 e. The summed E-state index contributed by atoms with van der Waals surface area (Å²) < 4.78 is 32.7. The van der Waals surface area contributed by atoms with Crippen molar-refractivity contribution in [3.8, 4) is 0 Å². The monoisotopic (exact) mass is 495 g/mol. The molecule has 4 aromatic rings. The van der Waals surface area contributed by atoms with Crippen molar-refractivity contribution >= 4 is 49.6 Å². The van der Waals surface area contributed by atoms with Gasteiger partial charge < -0.3 is 15.1 Å². The van der Waals surface area contributed by atoms with E-state index >= 15 is 0 Å². The molecule has 2 heterocycles. The molecule has 174 valence electrons. The molecular formula is C24H21N3O5S2. The fourth-order valence-electron chi connectivity index (χ4n) is 3.09. The number of nitrogens with one attached hydrogen (secondary N) is 3. The number of aryl methyl sites for hydroxylation is 2. The topological polar surface area (TPSA) is 118 Å². The summed E-state index contributed by atoms with van der Waals surface area (Å²) in [6.07, 6.45) is 1.41. The van der Waals surface area contributed by atoms with Crippen molar-refractivity contribution in [1.82, 2.24) is 0 Å². The molecule has 0 spiro atoms. The zero-order chi connectivity index (χ0) is 24.3. The number of hydrogen-bond donors (Lipinski definition) is 3. The van der Waals surface area contributed by atoms with Gasteiger partial charge in [0.05, 0.1) is 21.0 Å². The highest BCUT2D eigenvalue weighted by atomic mass is 32.2. The largest absolute Gasteiger partial charge is 0.459 e. The summed E-state index contributed by atoms with van der Waals surface area (Å²) in [5.41, 5.74) is 2.54. The molecule has 8 nitrogen and oxygen atoms in total. The van der Waals surface area contributed by atoms with Crippen LogP contribution in [0.25, 0.3) is 0 Å².